The van der Waals surface area contributed by atoms with Gasteiger partial charge in [-0.1, -0.05) is 6.92 Å². The molecule has 1 fully saturated rings. The lowest BCUT2D eigenvalue weighted by atomic mass is 10.2. The zero-order valence-corrected chi connectivity index (χ0v) is 6.97. The van der Waals surface area contributed by atoms with Crippen molar-refractivity contribution in [1.82, 2.24) is 5.06 Å². The highest BCUT2D eigenvalue weighted by Crippen LogP contribution is 2.19. The molecule has 0 N–H and O–H groups in total. The predicted octanol–water partition coefficient (Wildman–Crippen LogP) is 1.81. The third kappa shape index (κ3) is 1.70. The maximum absolute atomic E-state index is 5.44. The molecule has 60 valence electrons. The van der Waals surface area contributed by atoms with E-state index in [0.717, 1.165) is 13.2 Å². The number of hydrogen-bond donors (Lipinski definition) is 0. The smallest absolute Gasteiger partial charge is 0.0657 e. The Balaban J connectivity index is 2.27. The van der Waals surface area contributed by atoms with Crippen LogP contribution in [0.15, 0.2) is 0 Å². The molecule has 0 spiro atoms. The van der Waals surface area contributed by atoms with E-state index < -0.39 is 0 Å². The van der Waals surface area contributed by atoms with Gasteiger partial charge in [-0.3, -0.25) is 4.84 Å². The second kappa shape index (κ2) is 3.94. The summed E-state index contributed by atoms with van der Waals surface area (Å²) in [6.07, 6.45) is 3.84. The Bertz CT molecular complexity index is 95.3. The number of rotatable bonds is 3. The molecule has 1 unspecified atom stereocenters. The van der Waals surface area contributed by atoms with Crippen molar-refractivity contribution in [1.29, 1.82) is 0 Å². The summed E-state index contributed by atoms with van der Waals surface area (Å²) in [5, 5.41) is 2.14. The van der Waals surface area contributed by atoms with Crippen LogP contribution in [-0.2, 0) is 4.84 Å². The molecule has 0 saturated carbocycles. The van der Waals surface area contributed by atoms with Gasteiger partial charge in [0.15, 0.2) is 0 Å². The Morgan fingerprint density at radius 1 is 1.50 bits per heavy atom. The van der Waals surface area contributed by atoms with E-state index in [2.05, 4.69) is 12.0 Å². The maximum atomic E-state index is 5.44. The molecule has 0 aliphatic carbocycles. The van der Waals surface area contributed by atoms with Crippen LogP contribution in [0.3, 0.4) is 0 Å². The van der Waals surface area contributed by atoms with Crippen molar-refractivity contribution in [3.05, 3.63) is 0 Å². The summed E-state index contributed by atoms with van der Waals surface area (Å²) in [6, 6.07) is 0.694. The monoisotopic (exact) mass is 143 g/mol. The van der Waals surface area contributed by atoms with Crippen LogP contribution in [0.25, 0.3) is 0 Å². The molecule has 1 heterocycles. The molecule has 1 aliphatic rings. The van der Waals surface area contributed by atoms with E-state index in [1.54, 1.807) is 0 Å². The topological polar surface area (TPSA) is 12.5 Å². The summed E-state index contributed by atoms with van der Waals surface area (Å²) >= 11 is 0. The van der Waals surface area contributed by atoms with Crippen molar-refractivity contribution in [3.63, 3.8) is 0 Å². The normalized spacial score (nSPS) is 27.6. The van der Waals surface area contributed by atoms with Crippen molar-refractivity contribution in [2.45, 2.75) is 39.2 Å². The van der Waals surface area contributed by atoms with E-state index >= 15 is 0 Å². The summed E-state index contributed by atoms with van der Waals surface area (Å²) < 4.78 is 0. The van der Waals surface area contributed by atoms with Crippen LogP contribution in [0.4, 0.5) is 0 Å². The molecular formula is C8H17NO. The van der Waals surface area contributed by atoms with Crippen molar-refractivity contribution in [3.8, 4) is 0 Å². The van der Waals surface area contributed by atoms with Gasteiger partial charge in [-0.05, 0) is 26.2 Å². The average molecular weight is 143 g/mol. The fourth-order valence-corrected chi connectivity index (χ4v) is 1.55. The van der Waals surface area contributed by atoms with Crippen LogP contribution in [0.2, 0.25) is 0 Å². The predicted molar refractivity (Wildman–Crippen MR) is 41.6 cm³/mol. The fraction of sp³-hybridized carbons (Fsp3) is 1.00. The molecule has 1 aliphatic heterocycles. The minimum atomic E-state index is 0.694. The van der Waals surface area contributed by atoms with Crippen LogP contribution in [0.1, 0.15) is 33.1 Å². The van der Waals surface area contributed by atoms with E-state index in [1.165, 1.54) is 19.3 Å². The van der Waals surface area contributed by atoms with Gasteiger partial charge >= 0.3 is 0 Å². The van der Waals surface area contributed by atoms with Gasteiger partial charge in [0, 0.05) is 12.6 Å². The highest BCUT2D eigenvalue weighted by molar-refractivity contribution is 4.71. The molecule has 0 aromatic heterocycles. The highest BCUT2D eigenvalue weighted by Gasteiger charge is 2.22. The summed E-state index contributed by atoms with van der Waals surface area (Å²) in [5.41, 5.74) is 0. The SMILES string of the molecule is CCON1CCCC1CC. The third-order valence-electron chi connectivity index (χ3n) is 2.09. The molecule has 2 nitrogen and oxygen atoms in total. The lowest BCUT2D eigenvalue weighted by Crippen LogP contribution is -2.28. The van der Waals surface area contributed by atoms with Crippen LogP contribution in [0.5, 0.6) is 0 Å². The van der Waals surface area contributed by atoms with Gasteiger partial charge in [0.2, 0.25) is 0 Å². The zero-order chi connectivity index (χ0) is 7.40. The highest BCUT2D eigenvalue weighted by atomic mass is 16.7. The van der Waals surface area contributed by atoms with Gasteiger partial charge in [-0.25, -0.2) is 0 Å². The van der Waals surface area contributed by atoms with Gasteiger partial charge in [0.1, 0.15) is 0 Å². The Kier molecular flexibility index (Phi) is 3.16. The van der Waals surface area contributed by atoms with Gasteiger partial charge in [0.25, 0.3) is 0 Å². The lowest BCUT2D eigenvalue weighted by Gasteiger charge is -2.21. The standard InChI is InChI=1S/C8H17NO/c1-3-8-6-5-7-9(8)10-4-2/h8H,3-7H2,1-2H3. The fourth-order valence-electron chi connectivity index (χ4n) is 1.55. The van der Waals surface area contributed by atoms with E-state index in [4.69, 9.17) is 4.84 Å². The second-order valence-electron chi connectivity index (χ2n) is 2.76. The zero-order valence-electron chi connectivity index (χ0n) is 6.97. The summed E-state index contributed by atoms with van der Waals surface area (Å²) in [4.78, 5) is 5.44. The minimum absolute atomic E-state index is 0.694. The van der Waals surface area contributed by atoms with Gasteiger partial charge < -0.3 is 0 Å². The minimum Gasteiger partial charge on any atom is -0.299 e. The lowest BCUT2D eigenvalue weighted by molar-refractivity contribution is -0.164. The van der Waals surface area contributed by atoms with Gasteiger partial charge in [-0.2, -0.15) is 5.06 Å². The van der Waals surface area contributed by atoms with Crippen molar-refractivity contribution >= 4 is 0 Å². The van der Waals surface area contributed by atoms with Crippen molar-refractivity contribution in [2.75, 3.05) is 13.2 Å². The second-order valence-corrected chi connectivity index (χ2v) is 2.76. The summed E-state index contributed by atoms with van der Waals surface area (Å²) in [7, 11) is 0. The van der Waals surface area contributed by atoms with Crippen LogP contribution in [-0.4, -0.2) is 24.3 Å². The Hall–Kier alpha value is -0.0800. The van der Waals surface area contributed by atoms with Crippen LogP contribution in [0, 0.1) is 0 Å². The largest absolute Gasteiger partial charge is 0.299 e. The van der Waals surface area contributed by atoms with E-state index in [1.807, 2.05) is 6.92 Å². The Morgan fingerprint density at radius 3 is 2.90 bits per heavy atom. The molecule has 0 aromatic carbocycles. The van der Waals surface area contributed by atoms with Gasteiger partial charge in [0.05, 0.1) is 6.61 Å². The van der Waals surface area contributed by atoms with Crippen molar-refractivity contribution in [2.24, 2.45) is 0 Å². The molecule has 0 radical (unpaired) electrons. The summed E-state index contributed by atoms with van der Waals surface area (Å²) in [6.45, 7) is 6.22. The molecule has 0 aromatic rings. The van der Waals surface area contributed by atoms with E-state index in [0.29, 0.717) is 6.04 Å². The molecule has 2 heteroatoms. The number of hydrogen-bond acceptors (Lipinski definition) is 2. The van der Waals surface area contributed by atoms with Gasteiger partial charge in [-0.15, -0.1) is 0 Å². The van der Waals surface area contributed by atoms with E-state index in [9.17, 15) is 0 Å². The van der Waals surface area contributed by atoms with E-state index in [-0.39, 0.29) is 0 Å². The first-order valence-electron chi connectivity index (χ1n) is 4.28. The van der Waals surface area contributed by atoms with Crippen LogP contribution >= 0.6 is 0 Å². The molecule has 10 heavy (non-hydrogen) atoms. The van der Waals surface area contributed by atoms with Crippen molar-refractivity contribution < 1.29 is 4.84 Å². The Labute approximate surface area is 63.1 Å². The first-order chi connectivity index (χ1) is 4.88. The number of nitrogens with zero attached hydrogens (tertiary/aromatic N) is 1. The first kappa shape index (κ1) is 8.02. The molecule has 0 bridgehead atoms. The molecule has 1 atom stereocenters. The van der Waals surface area contributed by atoms with Crippen LogP contribution < -0.4 is 0 Å². The quantitative estimate of drug-likeness (QED) is 0.597. The third-order valence-corrected chi connectivity index (χ3v) is 2.09. The first-order valence-corrected chi connectivity index (χ1v) is 4.28. The number of hydroxylamine groups is 2. The molecule has 1 rings (SSSR count). The average Bonchev–Trinajstić information content (AvgIpc) is 2.36. The molecule has 1 saturated heterocycles. The molecule has 0 amide bonds. The molecular weight excluding hydrogens is 126 g/mol. The Morgan fingerprint density at radius 2 is 2.30 bits per heavy atom. The summed E-state index contributed by atoms with van der Waals surface area (Å²) in [5.74, 6) is 0. The maximum Gasteiger partial charge on any atom is 0.0657 e.